The van der Waals surface area contributed by atoms with E-state index in [0.717, 1.165) is 23.9 Å². The Morgan fingerprint density at radius 1 is 1.19 bits per heavy atom. The van der Waals surface area contributed by atoms with E-state index >= 15 is 0 Å². The fourth-order valence-corrected chi connectivity index (χ4v) is 5.66. The molecule has 1 aromatic heterocycles. The van der Waals surface area contributed by atoms with Crippen molar-refractivity contribution < 1.29 is 19.4 Å². The number of ether oxygens (including phenoxy) is 1. The van der Waals surface area contributed by atoms with Crippen molar-refractivity contribution in [1.29, 1.82) is 0 Å². The van der Waals surface area contributed by atoms with E-state index in [1.54, 1.807) is 24.3 Å². The minimum absolute atomic E-state index is 0.0350. The van der Waals surface area contributed by atoms with E-state index < -0.39 is 11.5 Å². The van der Waals surface area contributed by atoms with Crippen LogP contribution in [0.5, 0.6) is 0 Å². The van der Waals surface area contributed by atoms with E-state index in [2.05, 4.69) is 25.9 Å². The van der Waals surface area contributed by atoms with E-state index in [-0.39, 0.29) is 48.2 Å². The van der Waals surface area contributed by atoms with Gasteiger partial charge in [0, 0.05) is 18.0 Å². The molecule has 4 rings (SSSR count). The molecule has 0 spiro atoms. The summed E-state index contributed by atoms with van der Waals surface area (Å²) in [5.41, 5.74) is -0.141. The zero-order chi connectivity index (χ0) is 22.4. The molecule has 2 aliphatic rings. The summed E-state index contributed by atoms with van der Waals surface area (Å²) in [4.78, 5) is 40.1. The first-order chi connectivity index (χ1) is 14.6. The molecule has 1 saturated carbocycles. The van der Waals surface area contributed by atoms with Crippen molar-refractivity contribution in [1.82, 2.24) is 14.7 Å². The van der Waals surface area contributed by atoms with Crippen molar-refractivity contribution in [3.63, 3.8) is 0 Å². The van der Waals surface area contributed by atoms with Crippen molar-refractivity contribution >= 4 is 22.6 Å². The molecule has 8 nitrogen and oxygen atoms in total. The number of hydrogen-bond donors (Lipinski definition) is 1. The Labute approximate surface area is 180 Å². The number of aliphatic hydroxyl groups excluding tert-OH is 1. The Bertz CT molecular complexity index is 1090. The van der Waals surface area contributed by atoms with Crippen LogP contribution < -0.4 is 5.56 Å². The highest BCUT2D eigenvalue weighted by atomic mass is 16.5. The quantitative estimate of drug-likeness (QED) is 0.732. The zero-order valence-electron chi connectivity index (χ0n) is 18.3. The van der Waals surface area contributed by atoms with Gasteiger partial charge in [-0.05, 0) is 36.2 Å². The van der Waals surface area contributed by atoms with E-state index in [9.17, 15) is 19.5 Å². The number of benzene rings is 1. The van der Waals surface area contributed by atoms with Crippen molar-refractivity contribution in [2.75, 3.05) is 19.8 Å². The first-order valence-electron chi connectivity index (χ1n) is 10.7. The predicted molar refractivity (Wildman–Crippen MR) is 115 cm³/mol. The summed E-state index contributed by atoms with van der Waals surface area (Å²) in [5, 5.41) is 14.0. The van der Waals surface area contributed by atoms with Gasteiger partial charge in [0.1, 0.15) is 0 Å². The van der Waals surface area contributed by atoms with Crippen LogP contribution in [-0.4, -0.2) is 57.5 Å². The van der Waals surface area contributed by atoms with Gasteiger partial charge in [-0.2, -0.15) is 5.10 Å². The van der Waals surface area contributed by atoms with Crippen LogP contribution in [0.15, 0.2) is 29.1 Å². The largest absolute Gasteiger partial charge is 0.451 e. The van der Waals surface area contributed by atoms with Crippen LogP contribution in [0.25, 0.3) is 10.8 Å². The molecular formula is C23H29N3O5. The minimum Gasteiger partial charge on any atom is -0.451 e. The number of fused-ring (bicyclic) bond motifs is 3. The van der Waals surface area contributed by atoms with Crippen LogP contribution in [0.1, 0.15) is 50.5 Å². The summed E-state index contributed by atoms with van der Waals surface area (Å²) in [6, 6.07) is 6.79. The maximum absolute atomic E-state index is 12.9. The molecule has 1 aliphatic carbocycles. The second kappa shape index (κ2) is 7.75. The van der Waals surface area contributed by atoms with E-state index in [4.69, 9.17) is 4.74 Å². The molecule has 1 aromatic carbocycles. The molecule has 2 atom stereocenters. The molecular weight excluding hydrogens is 398 g/mol. The topological polar surface area (TPSA) is 102 Å². The number of amides is 1. The zero-order valence-corrected chi connectivity index (χ0v) is 18.3. The highest BCUT2D eigenvalue weighted by molar-refractivity contribution is 6.02. The molecule has 2 heterocycles. The predicted octanol–water partition coefficient (Wildman–Crippen LogP) is 1.97. The molecule has 0 unspecified atom stereocenters. The SMILES string of the molecule is CC1(C)C[C@H]2C[C@](C)(CN2C(=O)COC(=O)c2nn(CCO)c(=O)c3ccccc23)C1. The summed E-state index contributed by atoms with van der Waals surface area (Å²) < 4.78 is 6.40. The maximum atomic E-state index is 12.9. The van der Waals surface area contributed by atoms with Crippen LogP contribution >= 0.6 is 0 Å². The number of aromatic nitrogens is 2. The van der Waals surface area contributed by atoms with Crippen LogP contribution in [-0.2, 0) is 16.1 Å². The third kappa shape index (κ3) is 4.08. The molecule has 1 amide bonds. The highest BCUT2D eigenvalue weighted by Crippen LogP contribution is 2.52. The van der Waals surface area contributed by atoms with Crippen molar-refractivity contribution in [2.45, 2.75) is 52.6 Å². The summed E-state index contributed by atoms with van der Waals surface area (Å²) in [6.07, 6.45) is 3.00. The van der Waals surface area contributed by atoms with Gasteiger partial charge in [-0.1, -0.05) is 39.0 Å². The summed E-state index contributed by atoms with van der Waals surface area (Å²) in [6.45, 7) is 6.70. The Morgan fingerprint density at radius 2 is 1.90 bits per heavy atom. The van der Waals surface area contributed by atoms with Crippen molar-refractivity contribution in [3.8, 4) is 0 Å². The minimum atomic E-state index is -0.759. The number of hydrogen-bond acceptors (Lipinski definition) is 6. The molecule has 1 aliphatic heterocycles. The molecule has 8 heteroatoms. The Hall–Kier alpha value is -2.74. The van der Waals surface area contributed by atoms with E-state index in [0.29, 0.717) is 17.3 Å². The molecule has 2 fully saturated rings. The molecule has 2 aromatic rings. The summed E-state index contributed by atoms with van der Waals surface area (Å²) in [5.74, 6) is -0.960. The number of carbonyl (C=O) groups excluding carboxylic acids is 2. The standard InChI is InChI=1S/C23H29N3O5/c1-22(2)10-15-11-23(3,13-22)14-25(15)18(28)12-31-21(30)19-16-6-4-5-7-17(16)20(29)26(24-19)8-9-27/h4-7,15,27H,8-14H2,1-3H3/t15-,23-/m0/s1. The maximum Gasteiger partial charge on any atom is 0.359 e. The van der Waals surface area contributed by atoms with Gasteiger partial charge in [-0.15, -0.1) is 0 Å². The van der Waals surface area contributed by atoms with Crippen LogP contribution in [0, 0.1) is 10.8 Å². The lowest BCUT2D eigenvalue weighted by Crippen LogP contribution is -2.40. The lowest BCUT2D eigenvalue weighted by molar-refractivity contribution is -0.135. The number of esters is 1. The van der Waals surface area contributed by atoms with Gasteiger partial charge in [0.25, 0.3) is 11.5 Å². The van der Waals surface area contributed by atoms with Crippen molar-refractivity contribution in [3.05, 3.63) is 40.3 Å². The van der Waals surface area contributed by atoms with Gasteiger partial charge >= 0.3 is 5.97 Å². The lowest BCUT2D eigenvalue weighted by atomic mass is 9.65. The van der Waals surface area contributed by atoms with Gasteiger partial charge in [0.2, 0.25) is 0 Å². The number of rotatable bonds is 5. The summed E-state index contributed by atoms with van der Waals surface area (Å²) >= 11 is 0. The second-order valence-corrected chi connectivity index (χ2v) is 9.96. The Kier molecular flexibility index (Phi) is 5.37. The van der Waals surface area contributed by atoms with Crippen LogP contribution in [0.4, 0.5) is 0 Å². The first-order valence-corrected chi connectivity index (χ1v) is 10.7. The summed E-state index contributed by atoms with van der Waals surface area (Å²) in [7, 11) is 0. The third-order valence-electron chi connectivity index (χ3n) is 6.43. The smallest absolute Gasteiger partial charge is 0.359 e. The number of nitrogens with zero attached hydrogens (tertiary/aromatic N) is 3. The molecule has 31 heavy (non-hydrogen) atoms. The van der Waals surface area contributed by atoms with Crippen molar-refractivity contribution in [2.24, 2.45) is 10.8 Å². The normalized spacial score (nSPS) is 24.4. The first kappa shape index (κ1) is 21.5. The van der Waals surface area contributed by atoms with Gasteiger partial charge < -0.3 is 14.7 Å². The second-order valence-electron chi connectivity index (χ2n) is 9.96. The molecule has 166 valence electrons. The molecule has 2 bridgehead atoms. The van der Waals surface area contributed by atoms with Gasteiger partial charge in [0.05, 0.1) is 18.5 Å². The Morgan fingerprint density at radius 3 is 2.61 bits per heavy atom. The number of likely N-dealkylation sites (tertiary alicyclic amines) is 1. The number of aliphatic hydroxyl groups is 1. The van der Waals surface area contributed by atoms with E-state index in [1.165, 1.54) is 0 Å². The van der Waals surface area contributed by atoms with Gasteiger partial charge in [0.15, 0.2) is 12.3 Å². The number of carbonyl (C=O) groups is 2. The third-order valence-corrected chi connectivity index (χ3v) is 6.43. The van der Waals surface area contributed by atoms with Crippen LogP contribution in [0.2, 0.25) is 0 Å². The molecule has 0 radical (unpaired) electrons. The average Bonchev–Trinajstić information content (AvgIpc) is 2.97. The lowest BCUT2D eigenvalue weighted by Gasteiger charge is -2.39. The van der Waals surface area contributed by atoms with Gasteiger partial charge in [-0.25, -0.2) is 9.48 Å². The van der Waals surface area contributed by atoms with Crippen LogP contribution in [0.3, 0.4) is 0 Å². The highest BCUT2D eigenvalue weighted by Gasteiger charge is 2.50. The van der Waals surface area contributed by atoms with E-state index in [1.807, 2.05) is 4.90 Å². The molecule has 1 saturated heterocycles. The Balaban J connectivity index is 1.52. The van der Waals surface area contributed by atoms with Gasteiger partial charge in [-0.3, -0.25) is 9.59 Å². The fourth-order valence-electron chi connectivity index (χ4n) is 5.66. The average molecular weight is 428 g/mol. The molecule has 1 N–H and O–H groups in total. The monoisotopic (exact) mass is 427 g/mol. The fraction of sp³-hybridized carbons (Fsp3) is 0.565.